The van der Waals surface area contributed by atoms with Gasteiger partial charge in [-0.05, 0) is 0 Å². The van der Waals surface area contributed by atoms with Crippen molar-refractivity contribution < 1.29 is 4.79 Å². The van der Waals surface area contributed by atoms with Crippen molar-refractivity contribution in [1.29, 1.82) is 0 Å². The van der Waals surface area contributed by atoms with E-state index in [4.69, 9.17) is 0 Å². The molecule has 0 saturated carbocycles. The minimum atomic E-state index is 0.747. The number of carbonyl (C=O) groups is 1. The third kappa shape index (κ3) is 1.47. The normalized spacial score (nSPS) is 8.90. The minimum absolute atomic E-state index is 0.747. The van der Waals surface area contributed by atoms with Gasteiger partial charge in [-0.3, -0.25) is 4.79 Å². The summed E-state index contributed by atoms with van der Waals surface area (Å²) in [5, 5.41) is 0. The van der Waals surface area contributed by atoms with E-state index in [1.165, 1.54) is 5.46 Å². The summed E-state index contributed by atoms with van der Waals surface area (Å²) in [6.07, 6.45) is 0.861. The fraction of sp³-hybridized carbons (Fsp3) is 0.125. The van der Waals surface area contributed by atoms with Crippen LogP contribution in [0.15, 0.2) is 24.3 Å². The molecule has 0 aliphatic heterocycles. The molecule has 0 spiro atoms. The van der Waals surface area contributed by atoms with E-state index in [9.17, 15) is 4.79 Å². The minimum Gasteiger partial charge on any atom is -0.298 e. The highest BCUT2D eigenvalue weighted by molar-refractivity contribution is 6.51. The highest BCUT2D eigenvalue weighted by atomic mass is 16.1. The molecular formula is C8H9BO. The fourth-order valence-corrected chi connectivity index (χ4v) is 0.832. The van der Waals surface area contributed by atoms with Gasteiger partial charge in [0.05, 0.1) is 0 Å². The Balaban J connectivity index is 2.90. The van der Waals surface area contributed by atoms with Gasteiger partial charge in [-0.2, -0.15) is 0 Å². The molecule has 1 rings (SSSR count). The van der Waals surface area contributed by atoms with Crippen LogP contribution in [0.1, 0.15) is 10.4 Å². The van der Waals surface area contributed by atoms with Gasteiger partial charge in [-0.1, -0.05) is 36.6 Å². The molecule has 0 atom stereocenters. The molecular weight excluding hydrogens is 123 g/mol. The Morgan fingerprint density at radius 2 is 1.90 bits per heavy atom. The van der Waals surface area contributed by atoms with Gasteiger partial charge in [-0.25, -0.2) is 0 Å². The topological polar surface area (TPSA) is 17.1 Å². The maximum absolute atomic E-state index is 10.2. The van der Waals surface area contributed by atoms with Crippen LogP contribution in [0, 0.1) is 0 Å². The molecule has 50 valence electrons. The Hall–Kier alpha value is -1.05. The first-order valence-electron chi connectivity index (χ1n) is 3.41. The van der Waals surface area contributed by atoms with E-state index in [1.807, 2.05) is 24.3 Å². The van der Waals surface area contributed by atoms with Crippen molar-refractivity contribution in [2.24, 2.45) is 0 Å². The van der Waals surface area contributed by atoms with E-state index in [2.05, 4.69) is 6.82 Å². The third-order valence-corrected chi connectivity index (χ3v) is 1.52. The van der Waals surface area contributed by atoms with Crippen LogP contribution in [0.4, 0.5) is 0 Å². The summed E-state index contributed by atoms with van der Waals surface area (Å²) in [5.74, 6) is 0. The van der Waals surface area contributed by atoms with E-state index in [-0.39, 0.29) is 0 Å². The molecule has 10 heavy (non-hydrogen) atoms. The lowest BCUT2D eigenvalue weighted by Gasteiger charge is -1.92. The Kier molecular flexibility index (Phi) is 2.27. The van der Waals surface area contributed by atoms with Crippen molar-refractivity contribution in [1.82, 2.24) is 0 Å². The van der Waals surface area contributed by atoms with E-state index < -0.39 is 0 Å². The maximum atomic E-state index is 10.2. The maximum Gasteiger partial charge on any atom is 0.154 e. The smallest absolute Gasteiger partial charge is 0.154 e. The lowest BCUT2D eigenvalue weighted by Crippen LogP contribution is -2.08. The summed E-state index contributed by atoms with van der Waals surface area (Å²) in [6.45, 7) is 2.09. The highest BCUT2D eigenvalue weighted by Gasteiger charge is 1.89. The zero-order valence-electron chi connectivity index (χ0n) is 6.00. The largest absolute Gasteiger partial charge is 0.298 e. The number of rotatable bonds is 2. The highest BCUT2D eigenvalue weighted by Crippen LogP contribution is 1.90. The van der Waals surface area contributed by atoms with Crippen LogP contribution >= 0.6 is 0 Å². The van der Waals surface area contributed by atoms with E-state index in [0.717, 1.165) is 19.1 Å². The molecule has 0 aliphatic carbocycles. The molecule has 1 nitrogen and oxygen atoms in total. The van der Waals surface area contributed by atoms with Gasteiger partial charge in [-0.15, -0.1) is 0 Å². The number of hydrogen-bond donors (Lipinski definition) is 0. The first-order valence-corrected chi connectivity index (χ1v) is 3.41. The van der Waals surface area contributed by atoms with Crippen LogP contribution in [-0.4, -0.2) is 13.6 Å². The predicted octanol–water partition coefficient (Wildman–Crippen LogP) is 0.609. The van der Waals surface area contributed by atoms with Gasteiger partial charge in [0.1, 0.15) is 6.29 Å². The van der Waals surface area contributed by atoms with Crippen LogP contribution in [0.25, 0.3) is 0 Å². The van der Waals surface area contributed by atoms with Crippen LogP contribution in [0.2, 0.25) is 6.82 Å². The summed E-state index contributed by atoms with van der Waals surface area (Å²) in [7, 11) is 1.03. The molecule has 0 aromatic heterocycles. The molecule has 0 unspecified atom stereocenters. The summed E-state index contributed by atoms with van der Waals surface area (Å²) in [5.41, 5.74) is 2.02. The van der Waals surface area contributed by atoms with E-state index >= 15 is 0 Å². The van der Waals surface area contributed by atoms with Crippen LogP contribution in [0.3, 0.4) is 0 Å². The molecule has 0 fully saturated rings. The van der Waals surface area contributed by atoms with Gasteiger partial charge in [0.15, 0.2) is 7.28 Å². The molecule has 1 aromatic carbocycles. The Bertz CT molecular complexity index is 215. The third-order valence-electron chi connectivity index (χ3n) is 1.52. The average Bonchev–Trinajstić information content (AvgIpc) is 2.05. The number of benzene rings is 1. The molecule has 0 heterocycles. The lowest BCUT2D eigenvalue weighted by atomic mass is 9.73. The van der Waals surface area contributed by atoms with Crippen molar-refractivity contribution in [2.45, 2.75) is 6.82 Å². The first kappa shape index (κ1) is 7.07. The van der Waals surface area contributed by atoms with E-state index in [1.54, 1.807) is 0 Å². The zero-order valence-corrected chi connectivity index (χ0v) is 6.00. The molecule has 0 bridgehead atoms. The van der Waals surface area contributed by atoms with Gasteiger partial charge < -0.3 is 0 Å². The Morgan fingerprint density at radius 3 is 2.30 bits per heavy atom. The molecule has 0 aliphatic rings. The first-order chi connectivity index (χ1) is 4.86. The molecule has 0 radical (unpaired) electrons. The average molecular weight is 132 g/mol. The monoisotopic (exact) mass is 132 g/mol. The summed E-state index contributed by atoms with van der Waals surface area (Å²) < 4.78 is 0. The van der Waals surface area contributed by atoms with Crippen LogP contribution in [0.5, 0.6) is 0 Å². The summed E-state index contributed by atoms with van der Waals surface area (Å²) >= 11 is 0. The molecule has 0 amide bonds. The van der Waals surface area contributed by atoms with Crippen molar-refractivity contribution in [2.75, 3.05) is 0 Å². The molecule has 0 saturated heterocycles. The summed E-state index contributed by atoms with van der Waals surface area (Å²) in [4.78, 5) is 10.2. The number of carbonyl (C=O) groups excluding carboxylic acids is 1. The van der Waals surface area contributed by atoms with Crippen molar-refractivity contribution >= 4 is 19.0 Å². The van der Waals surface area contributed by atoms with Gasteiger partial charge in [0.25, 0.3) is 0 Å². The predicted molar refractivity (Wildman–Crippen MR) is 44.5 cm³/mol. The van der Waals surface area contributed by atoms with Crippen LogP contribution in [-0.2, 0) is 0 Å². The van der Waals surface area contributed by atoms with Crippen molar-refractivity contribution in [3.05, 3.63) is 29.8 Å². The standard InChI is InChI=1S/C8H9BO/c1-9-8-4-2-7(6-10)3-5-8/h2-6,9H,1H3. The Labute approximate surface area is 61.3 Å². The van der Waals surface area contributed by atoms with Crippen LogP contribution < -0.4 is 5.46 Å². The van der Waals surface area contributed by atoms with E-state index in [0.29, 0.717) is 0 Å². The molecule has 1 aromatic rings. The second-order valence-corrected chi connectivity index (χ2v) is 2.21. The SMILES string of the molecule is CBc1ccc(C=O)cc1. The second-order valence-electron chi connectivity index (χ2n) is 2.21. The zero-order chi connectivity index (χ0) is 7.40. The Morgan fingerprint density at radius 1 is 1.30 bits per heavy atom. The van der Waals surface area contributed by atoms with Gasteiger partial charge in [0, 0.05) is 5.56 Å². The van der Waals surface area contributed by atoms with Crippen molar-refractivity contribution in [3.8, 4) is 0 Å². The lowest BCUT2D eigenvalue weighted by molar-refractivity contribution is 0.112. The number of hydrogen-bond acceptors (Lipinski definition) is 1. The molecule has 0 N–H and O–H groups in total. The van der Waals surface area contributed by atoms with Crippen molar-refractivity contribution in [3.63, 3.8) is 0 Å². The summed E-state index contributed by atoms with van der Waals surface area (Å²) in [6, 6.07) is 7.63. The number of aldehydes is 1. The molecule has 2 heteroatoms. The van der Waals surface area contributed by atoms with Gasteiger partial charge >= 0.3 is 0 Å². The second kappa shape index (κ2) is 3.21. The fourth-order valence-electron chi connectivity index (χ4n) is 0.832. The van der Waals surface area contributed by atoms with Gasteiger partial charge in [0.2, 0.25) is 0 Å². The quantitative estimate of drug-likeness (QED) is 0.425.